The van der Waals surface area contributed by atoms with Crippen molar-refractivity contribution in [3.05, 3.63) is 34.9 Å². The van der Waals surface area contributed by atoms with Gasteiger partial charge < -0.3 is 11.1 Å². The van der Waals surface area contributed by atoms with Gasteiger partial charge in [0.15, 0.2) is 0 Å². The number of imide groups is 2. The lowest BCUT2D eigenvalue weighted by Gasteiger charge is -2.28. The first kappa shape index (κ1) is 19.2. The standard InChI is InChI=1S/C19H24N4O4/c1-10(19(2,3)20)21-9-11-5-4-6-12-15(11)18(27)23(17(12)26)13-7-8-14(24)22-16(13)25/h4-6,10,13,21H,7-9,20H2,1-3H3,(H,22,24,25). The number of nitrogens with one attached hydrogen (secondary N) is 2. The number of carbonyl (C=O) groups excluding carboxylic acids is 4. The summed E-state index contributed by atoms with van der Waals surface area (Å²) in [6, 6.07) is 4.10. The molecular weight excluding hydrogens is 348 g/mol. The van der Waals surface area contributed by atoms with Gasteiger partial charge in [0.25, 0.3) is 11.8 Å². The van der Waals surface area contributed by atoms with Crippen LogP contribution in [0.5, 0.6) is 0 Å². The normalized spacial score (nSPS) is 21.3. The summed E-state index contributed by atoms with van der Waals surface area (Å²) in [5.41, 5.74) is 6.91. The van der Waals surface area contributed by atoms with Crippen molar-refractivity contribution in [3.63, 3.8) is 0 Å². The lowest BCUT2D eigenvalue weighted by Crippen LogP contribution is -2.54. The van der Waals surface area contributed by atoms with Crippen LogP contribution < -0.4 is 16.4 Å². The van der Waals surface area contributed by atoms with Crippen LogP contribution >= 0.6 is 0 Å². The molecule has 0 saturated carbocycles. The molecule has 0 aromatic heterocycles. The van der Waals surface area contributed by atoms with Gasteiger partial charge in [-0.15, -0.1) is 0 Å². The van der Waals surface area contributed by atoms with Gasteiger partial charge >= 0.3 is 0 Å². The number of hydrogen-bond donors (Lipinski definition) is 3. The van der Waals surface area contributed by atoms with Gasteiger partial charge in [0.1, 0.15) is 6.04 Å². The van der Waals surface area contributed by atoms with Crippen LogP contribution in [0.3, 0.4) is 0 Å². The molecule has 144 valence electrons. The summed E-state index contributed by atoms with van der Waals surface area (Å²) in [5.74, 6) is -2.00. The molecule has 2 heterocycles. The molecule has 0 radical (unpaired) electrons. The number of carbonyl (C=O) groups is 4. The third kappa shape index (κ3) is 3.50. The lowest BCUT2D eigenvalue weighted by atomic mass is 9.96. The maximum atomic E-state index is 13.0. The Morgan fingerprint density at radius 2 is 1.96 bits per heavy atom. The average Bonchev–Trinajstić information content (AvgIpc) is 2.84. The first-order valence-electron chi connectivity index (χ1n) is 8.97. The van der Waals surface area contributed by atoms with E-state index in [2.05, 4.69) is 10.6 Å². The molecule has 4 N–H and O–H groups in total. The van der Waals surface area contributed by atoms with E-state index in [-0.39, 0.29) is 24.4 Å². The molecule has 8 nitrogen and oxygen atoms in total. The first-order chi connectivity index (χ1) is 12.6. The van der Waals surface area contributed by atoms with Crippen molar-refractivity contribution in [2.45, 2.75) is 57.8 Å². The summed E-state index contributed by atoms with van der Waals surface area (Å²) in [6.07, 6.45) is 0.240. The van der Waals surface area contributed by atoms with E-state index in [9.17, 15) is 19.2 Å². The van der Waals surface area contributed by atoms with E-state index in [1.54, 1.807) is 18.2 Å². The molecule has 2 atom stereocenters. The molecule has 1 aromatic carbocycles. The summed E-state index contributed by atoms with van der Waals surface area (Å²) < 4.78 is 0. The second kappa shape index (κ2) is 6.86. The Kier molecular flexibility index (Phi) is 4.88. The fraction of sp³-hybridized carbons (Fsp3) is 0.474. The number of nitrogens with zero attached hydrogens (tertiary/aromatic N) is 1. The highest BCUT2D eigenvalue weighted by Gasteiger charge is 2.45. The molecule has 27 heavy (non-hydrogen) atoms. The van der Waals surface area contributed by atoms with Crippen LogP contribution in [0.2, 0.25) is 0 Å². The monoisotopic (exact) mass is 372 g/mol. The van der Waals surface area contributed by atoms with Crippen LogP contribution in [0.1, 0.15) is 59.9 Å². The highest BCUT2D eigenvalue weighted by molar-refractivity contribution is 6.24. The van der Waals surface area contributed by atoms with Crippen molar-refractivity contribution < 1.29 is 19.2 Å². The second-order valence-corrected chi connectivity index (χ2v) is 7.71. The van der Waals surface area contributed by atoms with Gasteiger partial charge in [-0.2, -0.15) is 0 Å². The molecule has 0 aliphatic carbocycles. The van der Waals surface area contributed by atoms with Gasteiger partial charge in [-0.25, -0.2) is 0 Å². The molecule has 2 unspecified atom stereocenters. The summed E-state index contributed by atoms with van der Waals surface area (Å²) in [7, 11) is 0. The Labute approximate surface area is 157 Å². The van der Waals surface area contributed by atoms with Gasteiger partial charge in [0, 0.05) is 24.5 Å². The summed E-state index contributed by atoms with van der Waals surface area (Å²) in [4.78, 5) is 50.2. The third-order valence-corrected chi connectivity index (χ3v) is 5.27. The Bertz CT molecular complexity index is 827. The van der Waals surface area contributed by atoms with Crippen LogP contribution in [0.4, 0.5) is 0 Å². The molecule has 1 fully saturated rings. The second-order valence-electron chi connectivity index (χ2n) is 7.71. The number of nitrogens with two attached hydrogens (primary N) is 1. The zero-order chi connectivity index (χ0) is 19.9. The predicted octanol–water partition coefficient (Wildman–Crippen LogP) is 0.303. The Balaban J connectivity index is 1.86. The van der Waals surface area contributed by atoms with E-state index in [0.717, 1.165) is 4.90 Å². The number of benzene rings is 1. The number of amides is 4. The van der Waals surface area contributed by atoms with Crippen molar-refractivity contribution in [3.8, 4) is 0 Å². The van der Waals surface area contributed by atoms with Crippen molar-refractivity contribution >= 4 is 23.6 Å². The molecule has 1 saturated heterocycles. The van der Waals surface area contributed by atoms with Gasteiger partial charge in [-0.3, -0.25) is 29.4 Å². The lowest BCUT2D eigenvalue weighted by molar-refractivity contribution is -0.136. The summed E-state index contributed by atoms with van der Waals surface area (Å²) in [6.45, 7) is 6.12. The van der Waals surface area contributed by atoms with E-state index in [1.807, 2.05) is 20.8 Å². The molecule has 4 amide bonds. The number of fused-ring (bicyclic) bond motifs is 1. The molecule has 1 aromatic rings. The molecule has 3 rings (SSSR count). The molecule has 0 bridgehead atoms. The van der Waals surface area contributed by atoms with Crippen LogP contribution in [0.15, 0.2) is 18.2 Å². The fourth-order valence-electron chi connectivity index (χ4n) is 3.26. The van der Waals surface area contributed by atoms with Crippen LogP contribution in [0, 0.1) is 0 Å². The Hall–Kier alpha value is -2.58. The molecular formula is C19H24N4O4. The van der Waals surface area contributed by atoms with Gasteiger partial charge in [0.2, 0.25) is 11.8 Å². The van der Waals surface area contributed by atoms with Crippen molar-refractivity contribution in [2.24, 2.45) is 5.73 Å². The zero-order valence-electron chi connectivity index (χ0n) is 15.7. The van der Waals surface area contributed by atoms with Crippen LogP contribution in [-0.4, -0.2) is 46.2 Å². The van der Waals surface area contributed by atoms with Gasteiger partial charge in [-0.1, -0.05) is 12.1 Å². The number of hydrogen-bond acceptors (Lipinski definition) is 6. The predicted molar refractivity (Wildman–Crippen MR) is 97.7 cm³/mol. The van der Waals surface area contributed by atoms with Crippen molar-refractivity contribution in [1.82, 2.24) is 15.5 Å². The number of rotatable bonds is 5. The summed E-state index contributed by atoms with van der Waals surface area (Å²) in [5, 5.41) is 5.48. The number of piperidine rings is 1. The quantitative estimate of drug-likeness (QED) is 0.639. The highest BCUT2D eigenvalue weighted by atomic mass is 16.2. The average molecular weight is 372 g/mol. The first-order valence-corrected chi connectivity index (χ1v) is 8.97. The molecule has 2 aliphatic rings. The third-order valence-electron chi connectivity index (χ3n) is 5.27. The van der Waals surface area contributed by atoms with Crippen LogP contribution in [0.25, 0.3) is 0 Å². The largest absolute Gasteiger partial charge is 0.324 e. The molecule has 2 aliphatic heterocycles. The van der Waals surface area contributed by atoms with E-state index in [0.29, 0.717) is 17.7 Å². The maximum absolute atomic E-state index is 13.0. The van der Waals surface area contributed by atoms with Crippen LogP contribution in [-0.2, 0) is 16.1 Å². The fourth-order valence-corrected chi connectivity index (χ4v) is 3.26. The minimum atomic E-state index is -0.960. The Morgan fingerprint density at radius 3 is 2.59 bits per heavy atom. The minimum absolute atomic E-state index is 0.0215. The van der Waals surface area contributed by atoms with Crippen molar-refractivity contribution in [2.75, 3.05) is 0 Å². The van der Waals surface area contributed by atoms with E-state index < -0.39 is 35.2 Å². The van der Waals surface area contributed by atoms with E-state index >= 15 is 0 Å². The molecule has 0 spiro atoms. The topological polar surface area (TPSA) is 122 Å². The smallest absolute Gasteiger partial charge is 0.262 e. The van der Waals surface area contributed by atoms with E-state index in [1.165, 1.54) is 0 Å². The maximum Gasteiger partial charge on any atom is 0.262 e. The van der Waals surface area contributed by atoms with Gasteiger partial charge in [-0.05, 0) is 38.8 Å². The molecule has 8 heteroatoms. The van der Waals surface area contributed by atoms with Gasteiger partial charge in [0.05, 0.1) is 11.1 Å². The summed E-state index contributed by atoms with van der Waals surface area (Å²) >= 11 is 0. The van der Waals surface area contributed by atoms with E-state index in [4.69, 9.17) is 5.73 Å². The van der Waals surface area contributed by atoms with Crippen molar-refractivity contribution in [1.29, 1.82) is 0 Å². The minimum Gasteiger partial charge on any atom is -0.324 e. The highest BCUT2D eigenvalue weighted by Crippen LogP contribution is 2.30. The Morgan fingerprint density at radius 1 is 1.26 bits per heavy atom. The SMILES string of the molecule is CC(NCc1cccc2c1C(=O)N(C1CCC(=O)NC1=O)C2=O)C(C)(C)N. The zero-order valence-corrected chi connectivity index (χ0v) is 15.7.